The standard InChI is InChI=1S/C12H19N7O3.W/c1-6-7(2)19(11(21)10(13)17-6)5-9(20)15-3-8-4-16-12(14)18-22-8;/h8H,3-5H2,1-2H3,(H6,13,14,15,16,17,18,20);/p-1. The molecule has 1 aromatic rings. The third-order valence-electron chi connectivity index (χ3n) is 3.28. The molecule has 0 aromatic carbocycles. The Morgan fingerprint density at radius 1 is 1.57 bits per heavy atom. The van der Waals surface area contributed by atoms with Crippen molar-refractivity contribution in [3.63, 3.8) is 0 Å². The predicted octanol–water partition coefficient (Wildman–Crippen LogP) is -1.12. The largest absolute Gasteiger partial charge is 0.478 e. The monoisotopic (exact) mass is 492 g/mol. The Morgan fingerprint density at radius 3 is 2.87 bits per heavy atom. The maximum Gasteiger partial charge on any atom is 0.249 e. The number of nitrogens with one attached hydrogen (secondary N) is 3. The van der Waals surface area contributed by atoms with Crippen molar-refractivity contribution in [2.24, 2.45) is 10.7 Å². The van der Waals surface area contributed by atoms with E-state index in [1.165, 1.54) is 4.57 Å². The molecule has 0 bridgehead atoms. The Morgan fingerprint density at radius 2 is 2.26 bits per heavy atom. The number of nitrogens with zero attached hydrogens (tertiary/aromatic N) is 3. The molecule has 5 N–H and O–H groups in total. The van der Waals surface area contributed by atoms with E-state index in [1.54, 1.807) is 13.8 Å². The summed E-state index contributed by atoms with van der Waals surface area (Å²) in [5.74, 6) is -0.540. The number of hydroxylamine groups is 1. The molecule has 1 atom stereocenters. The molecule has 0 saturated heterocycles. The third-order valence-corrected chi connectivity index (χ3v) is 3.28. The number of rotatable bonds is 4. The van der Waals surface area contributed by atoms with E-state index >= 15 is 0 Å². The molecule has 10 nitrogen and oxygen atoms in total. The molecule has 0 fully saturated rings. The number of aryl methyl sites for hydroxylation is 1. The number of carbonyl (C=O) groups is 1. The van der Waals surface area contributed by atoms with E-state index in [1.807, 2.05) is 0 Å². The van der Waals surface area contributed by atoms with Crippen LogP contribution in [0.1, 0.15) is 11.4 Å². The average molecular weight is 492 g/mol. The Labute approximate surface area is 146 Å². The van der Waals surface area contributed by atoms with Gasteiger partial charge in [-0.2, -0.15) is 0 Å². The van der Waals surface area contributed by atoms with Gasteiger partial charge in [0.05, 0.1) is 6.54 Å². The summed E-state index contributed by atoms with van der Waals surface area (Å²) in [7, 11) is 0. The summed E-state index contributed by atoms with van der Waals surface area (Å²) >= 11 is 0. The number of nitrogens with two attached hydrogens (primary N) is 1. The Hall–Kier alpha value is -1.93. The SMILES string of the molecule is Cc1nc([NH-])c(=O)n(CC(=O)NCC2CN=C(N)NO2)c1C.[W]. The molecule has 11 heteroatoms. The van der Waals surface area contributed by atoms with Gasteiger partial charge >= 0.3 is 0 Å². The number of amides is 1. The molecular weight excluding hydrogens is 474 g/mol. The third kappa shape index (κ3) is 4.77. The first-order valence-corrected chi connectivity index (χ1v) is 6.66. The molecule has 1 aliphatic rings. The Kier molecular flexibility index (Phi) is 6.71. The van der Waals surface area contributed by atoms with Gasteiger partial charge in [0, 0.05) is 39.1 Å². The summed E-state index contributed by atoms with van der Waals surface area (Å²) in [6.45, 7) is 3.76. The molecule has 0 spiro atoms. The average Bonchev–Trinajstić information content (AvgIpc) is 2.49. The van der Waals surface area contributed by atoms with E-state index in [0.29, 0.717) is 17.9 Å². The fourth-order valence-electron chi connectivity index (χ4n) is 1.91. The number of guanidine groups is 1. The van der Waals surface area contributed by atoms with Crippen LogP contribution in [0.5, 0.6) is 0 Å². The number of aromatic nitrogens is 2. The van der Waals surface area contributed by atoms with Gasteiger partial charge < -0.3 is 26.3 Å². The van der Waals surface area contributed by atoms with Crippen LogP contribution >= 0.6 is 0 Å². The van der Waals surface area contributed by atoms with Crippen molar-refractivity contribution in [3.8, 4) is 0 Å². The minimum Gasteiger partial charge on any atom is -0.478 e. The van der Waals surface area contributed by atoms with Gasteiger partial charge in [-0.15, -0.1) is 0 Å². The van der Waals surface area contributed by atoms with Crippen LogP contribution in [0.4, 0.5) is 5.82 Å². The van der Waals surface area contributed by atoms with Gasteiger partial charge in [-0.25, -0.2) is 10.5 Å². The fraction of sp³-hybridized carbons (Fsp3) is 0.500. The van der Waals surface area contributed by atoms with Crippen LogP contribution in [0.2, 0.25) is 0 Å². The van der Waals surface area contributed by atoms with Crippen LogP contribution in [0.25, 0.3) is 5.73 Å². The maximum absolute atomic E-state index is 12.0. The van der Waals surface area contributed by atoms with Gasteiger partial charge in [0.15, 0.2) is 0 Å². The van der Waals surface area contributed by atoms with Gasteiger partial charge in [0.25, 0.3) is 0 Å². The zero-order valence-electron chi connectivity index (χ0n) is 12.8. The number of carbonyl (C=O) groups excluding carboxylic acids is 1. The second-order valence-corrected chi connectivity index (χ2v) is 4.89. The van der Waals surface area contributed by atoms with Gasteiger partial charge in [-0.3, -0.25) is 14.4 Å². The van der Waals surface area contributed by atoms with Crippen molar-refractivity contribution in [1.29, 1.82) is 0 Å². The van der Waals surface area contributed by atoms with Crippen LogP contribution in [0.15, 0.2) is 9.79 Å². The van der Waals surface area contributed by atoms with E-state index in [0.717, 1.165) is 0 Å². The molecular formula is C12H18N7O3W-. The molecule has 0 saturated carbocycles. The number of hydrogen-bond acceptors (Lipinski definition) is 7. The van der Waals surface area contributed by atoms with Crippen molar-refractivity contribution in [1.82, 2.24) is 20.3 Å². The summed E-state index contributed by atoms with van der Waals surface area (Å²) < 4.78 is 1.23. The van der Waals surface area contributed by atoms with Crippen LogP contribution in [-0.4, -0.2) is 40.6 Å². The van der Waals surface area contributed by atoms with Crippen molar-refractivity contribution in [3.05, 3.63) is 27.5 Å². The van der Waals surface area contributed by atoms with Gasteiger partial charge in [-0.1, -0.05) is 0 Å². The molecule has 23 heavy (non-hydrogen) atoms. The molecule has 0 aliphatic carbocycles. The second kappa shape index (κ2) is 8.07. The molecule has 0 radical (unpaired) electrons. The first-order chi connectivity index (χ1) is 10.4. The normalized spacial score (nSPS) is 16.8. The number of hydrogen-bond donors (Lipinski definition) is 3. The predicted molar refractivity (Wildman–Crippen MR) is 79.5 cm³/mol. The van der Waals surface area contributed by atoms with Crippen LogP contribution < -0.4 is 22.1 Å². The van der Waals surface area contributed by atoms with Gasteiger partial charge in [0.2, 0.25) is 17.4 Å². The minimum absolute atomic E-state index is 0. The maximum atomic E-state index is 12.0. The molecule has 1 unspecified atom stereocenters. The van der Waals surface area contributed by atoms with E-state index in [4.69, 9.17) is 16.3 Å². The Bertz CT molecular complexity index is 673. The fourth-order valence-corrected chi connectivity index (χ4v) is 1.91. The van der Waals surface area contributed by atoms with Gasteiger partial charge in [-0.05, 0) is 19.5 Å². The first kappa shape index (κ1) is 19.1. The van der Waals surface area contributed by atoms with E-state index < -0.39 is 5.56 Å². The molecule has 2 heterocycles. The first-order valence-electron chi connectivity index (χ1n) is 6.66. The summed E-state index contributed by atoms with van der Waals surface area (Å²) in [6, 6.07) is 0. The quantitative estimate of drug-likeness (QED) is 0.485. The van der Waals surface area contributed by atoms with Crippen LogP contribution in [-0.2, 0) is 37.2 Å². The van der Waals surface area contributed by atoms with Crippen molar-refractivity contribution in [2.45, 2.75) is 26.5 Å². The van der Waals surface area contributed by atoms with Crippen LogP contribution in [0.3, 0.4) is 0 Å². The second-order valence-electron chi connectivity index (χ2n) is 4.89. The summed E-state index contributed by atoms with van der Waals surface area (Å²) in [5.41, 5.74) is 15.8. The molecule has 1 aliphatic heterocycles. The van der Waals surface area contributed by atoms with Crippen molar-refractivity contribution in [2.75, 3.05) is 13.1 Å². The van der Waals surface area contributed by atoms with E-state index in [-0.39, 0.29) is 57.9 Å². The Balaban J connectivity index is 0.00000264. The molecule has 1 aromatic heterocycles. The van der Waals surface area contributed by atoms with Crippen molar-refractivity contribution < 1.29 is 30.7 Å². The molecule has 2 rings (SSSR count). The minimum atomic E-state index is -0.591. The summed E-state index contributed by atoms with van der Waals surface area (Å²) in [5, 5.41) is 2.65. The summed E-state index contributed by atoms with van der Waals surface area (Å²) in [4.78, 5) is 36.7. The van der Waals surface area contributed by atoms with E-state index in [9.17, 15) is 9.59 Å². The summed E-state index contributed by atoms with van der Waals surface area (Å²) in [6.07, 6.45) is -0.333. The van der Waals surface area contributed by atoms with Crippen molar-refractivity contribution >= 4 is 17.7 Å². The smallest absolute Gasteiger partial charge is 0.249 e. The topological polar surface area (TPSA) is 147 Å². The zero-order chi connectivity index (χ0) is 16.3. The van der Waals surface area contributed by atoms with Gasteiger partial charge in [0.1, 0.15) is 12.6 Å². The molecule has 1 amide bonds. The van der Waals surface area contributed by atoms with Crippen LogP contribution in [0, 0.1) is 13.8 Å². The molecule has 126 valence electrons. The number of aliphatic imine (C=N–C) groups is 1. The zero-order valence-corrected chi connectivity index (χ0v) is 15.7. The van der Waals surface area contributed by atoms with E-state index in [2.05, 4.69) is 20.8 Å².